The number of carbonyl (C=O) groups excluding carboxylic acids is 1. The van der Waals surface area contributed by atoms with Crippen molar-refractivity contribution in [2.24, 2.45) is 0 Å². The lowest BCUT2D eigenvalue weighted by atomic mass is 10.0. The third-order valence-electron chi connectivity index (χ3n) is 4.04. The molecule has 2 aromatic carbocycles. The molecule has 6 heteroatoms. The molecule has 1 N–H and O–H groups in total. The molecule has 6 nitrogen and oxygen atoms in total. The first kappa shape index (κ1) is 18.5. The SMILES string of the molecule is CCOC(=O)Cc1cccc(C(O)c2nn(-c3ccccc3)ccc2=O)c1. The van der Waals surface area contributed by atoms with Crippen LogP contribution >= 0.6 is 0 Å². The third kappa shape index (κ3) is 4.48. The molecule has 27 heavy (non-hydrogen) atoms. The minimum atomic E-state index is -1.20. The molecule has 0 radical (unpaired) electrons. The predicted octanol–water partition coefficient (Wildman–Crippen LogP) is 2.42. The Hall–Kier alpha value is -3.25. The maximum atomic E-state index is 12.3. The summed E-state index contributed by atoms with van der Waals surface area (Å²) in [5.41, 5.74) is 1.64. The first-order chi connectivity index (χ1) is 13.1. The largest absolute Gasteiger partial charge is 0.466 e. The van der Waals surface area contributed by atoms with Crippen LogP contribution in [0.1, 0.15) is 29.8 Å². The standard InChI is InChI=1S/C21H20N2O4/c1-2-27-19(25)14-15-7-6-8-16(13-15)21(26)20-18(24)11-12-23(22-20)17-9-4-3-5-10-17/h3-13,21,26H,2,14H2,1H3. The summed E-state index contributed by atoms with van der Waals surface area (Å²) in [7, 11) is 0. The van der Waals surface area contributed by atoms with Gasteiger partial charge in [-0.1, -0.05) is 42.5 Å². The fourth-order valence-electron chi connectivity index (χ4n) is 2.75. The topological polar surface area (TPSA) is 81.4 Å². The fourth-order valence-corrected chi connectivity index (χ4v) is 2.75. The van der Waals surface area contributed by atoms with Gasteiger partial charge in [0.05, 0.1) is 18.7 Å². The van der Waals surface area contributed by atoms with Gasteiger partial charge in [0.15, 0.2) is 0 Å². The number of aliphatic hydroxyl groups is 1. The minimum Gasteiger partial charge on any atom is -0.466 e. The molecule has 0 spiro atoms. The quantitative estimate of drug-likeness (QED) is 0.680. The van der Waals surface area contributed by atoms with Gasteiger partial charge in [-0.2, -0.15) is 5.10 Å². The van der Waals surface area contributed by atoms with Crippen molar-refractivity contribution in [3.8, 4) is 5.69 Å². The second kappa shape index (κ2) is 8.42. The molecule has 1 aromatic heterocycles. The Morgan fingerprint density at radius 2 is 1.93 bits per heavy atom. The van der Waals surface area contributed by atoms with E-state index < -0.39 is 6.10 Å². The summed E-state index contributed by atoms with van der Waals surface area (Å²) in [5, 5.41) is 15.0. The molecule has 1 heterocycles. The minimum absolute atomic E-state index is 0.0228. The third-order valence-corrected chi connectivity index (χ3v) is 4.04. The smallest absolute Gasteiger partial charge is 0.310 e. The van der Waals surface area contributed by atoms with Crippen LogP contribution in [-0.2, 0) is 16.0 Å². The summed E-state index contributed by atoms with van der Waals surface area (Å²) in [6.45, 7) is 2.06. The summed E-state index contributed by atoms with van der Waals surface area (Å²) in [6.07, 6.45) is 0.464. The molecule has 0 aliphatic carbocycles. The maximum Gasteiger partial charge on any atom is 0.310 e. The van der Waals surface area contributed by atoms with Gasteiger partial charge in [-0.05, 0) is 30.2 Å². The van der Waals surface area contributed by atoms with Crippen LogP contribution in [0.5, 0.6) is 0 Å². The lowest BCUT2D eigenvalue weighted by molar-refractivity contribution is -0.142. The number of ether oxygens (including phenoxy) is 1. The Labute approximate surface area is 156 Å². The van der Waals surface area contributed by atoms with Crippen LogP contribution in [0, 0.1) is 0 Å². The van der Waals surface area contributed by atoms with Gasteiger partial charge in [0, 0.05) is 12.3 Å². The van der Waals surface area contributed by atoms with E-state index in [9.17, 15) is 14.7 Å². The molecule has 3 aromatic rings. The number of hydrogen-bond donors (Lipinski definition) is 1. The van der Waals surface area contributed by atoms with E-state index in [1.54, 1.807) is 42.1 Å². The maximum absolute atomic E-state index is 12.3. The van der Waals surface area contributed by atoms with E-state index in [4.69, 9.17) is 4.74 Å². The number of aliphatic hydroxyl groups excluding tert-OH is 1. The molecular weight excluding hydrogens is 344 g/mol. The normalized spacial score (nSPS) is 11.8. The average molecular weight is 364 g/mol. The van der Waals surface area contributed by atoms with Gasteiger partial charge in [0.25, 0.3) is 0 Å². The molecule has 1 unspecified atom stereocenters. The van der Waals surface area contributed by atoms with Crippen LogP contribution in [0.25, 0.3) is 5.69 Å². The Morgan fingerprint density at radius 1 is 1.15 bits per heavy atom. The van der Waals surface area contributed by atoms with Crippen molar-refractivity contribution < 1.29 is 14.6 Å². The van der Waals surface area contributed by atoms with Crippen molar-refractivity contribution in [1.82, 2.24) is 9.78 Å². The van der Waals surface area contributed by atoms with Gasteiger partial charge in [0.2, 0.25) is 5.43 Å². The molecule has 3 rings (SSSR count). The zero-order valence-corrected chi connectivity index (χ0v) is 14.9. The number of nitrogens with zero attached hydrogens (tertiary/aromatic N) is 2. The second-order valence-electron chi connectivity index (χ2n) is 5.97. The van der Waals surface area contributed by atoms with E-state index in [-0.39, 0.29) is 23.5 Å². The summed E-state index contributed by atoms with van der Waals surface area (Å²) < 4.78 is 6.49. The highest BCUT2D eigenvalue weighted by Gasteiger charge is 2.17. The number of esters is 1. The Kier molecular flexibility index (Phi) is 5.78. The van der Waals surface area contributed by atoms with Crippen LogP contribution in [0.4, 0.5) is 0 Å². The van der Waals surface area contributed by atoms with Crippen LogP contribution in [0.2, 0.25) is 0 Å². The number of benzene rings is 2. The van der Waals surface area contributed by atoms with Gasteiger partial charge in [-0.3, -0.25) is 9.59 Å². The zero-order chi connectivity index (χ0) is 19.2. The number of rotatable bonds is 6. The molecule has 138 valence electrons. The molecule has 0 aliphatic heterocycles. The van der Waals surface area contributed by atoms with Gasteiger partial charge >= 0.3 is 5.97 Å². The van der Waals surface area contributed by atoms with Crippen LogP contribution in [0.3, 0.4) is 0 Å². The Balaban J connectivity index is 1.91. The number of carbonyl (C=O) groups is 1. The van der Waals surface area contributed by atoms with Crippen LogP contribution < -0.4 is 5.43 Å². The van der Waals surface area contributed by atoms with Gasteiger partial charge in [-0.15, -0.1) is 0 Å². The molecule has 0 saturated heterocycles. The molecule has 0 fully saturated rings. The molecule has 0 aliphatic rings. The number of para-hydroxylation sites is 1. The van der Waals surface area contributed by atoms with Gasteiger partial charge in [0.1, 0.15) is 11.8 Å². The van der Waals surface area contributed by atoms with E-state index in [2.05, 4.69) is 5.10 Å². The molecule has 1 atom stereocenters. The van der Waals surface area contributed by atoms with Crippen molar-refractivity contribution in [2.45, 2.75) is 19.4 Å². The molecule has 0 bridgehead atoms. The van der Waals surface area contributed by atoms with E-state index in [1.165, 1.54) is 6.07 Å². The van der Waals surface area contributed by atoms with Crippen LogP contribution in [0.15, 0.2) is 71.7 Å². The Morgan fingerprint density at radius 3 is 2.67 bits per heavy atom. The van der Waals surface area contributed by atoms with E-state index >= 15 is 0 Å². The zero-order valence-electron chi connectivity index (χ0n) is 14.9. The van der Waals surface area contributed by atoms with Crippen molar-refractivity contribution >= 4 is 5.97 Å². The van der Waals surface area contributed by atoms with E-state index in [0.717, 1.165) is 5.69 Å². The Bertz CT molecular complexity index is 983. The molecular formula is C21H20N2O4. The van der Waals surface area contributed by atoms with Gasteiger partial charge < -0.3 is 9.84 Å². The first-order valence-electron chi connectivity index (χ1n) is 8.66. The lowest BCUT2D eigenvalue weighted by Gasteiger charge is -2.13. The van der Waals surface area contributed by atoms with E-state index in [0.29, 0.717) is 17.7 Å². The second-order valence-corrected chi connectivity index (χ2v) is 5.97. The summed E-state index contributed by atoms with van der Waals surface area (Å²) in [6, 6.07) is 17.6. The average Bonchev–Trinajstić information content (AvgIpc) is 2.69. The highest BCUT2D eigenvalue weighted by atomic mass is 16.5. The summed E-state index contributed by atoms with van der Waals surface area (Å²) >= 11 is 0. The number of hydrogen-bond acceptors (Lipinski definition) is 5. The van der Waals surface area contributed by atoms with Crippen molar-refractivity contribution in [1.29, 1.82) is 0 Å². The fraction of sp³-hybridized carbons (Fsp3) is 0.190. The highest BCUT2D eigenvalue weighted by molar-refractivity contribution is 5.72. The summed E-state index contributed by atoms with van der Waals surface area (Å²) in [5.74, 6) is -0.339. The van der Waals surface area contributed by atoms with Crippen molar-refractivity contribution in [3.05, 3.63) is 93.9 Å². The lowest BCUT2D eigenvalue weighted by Crippen LogP contribution is -2.20. The van der Waals surface area contributed by atoms with E-state index in [1.807, 2.05) is 30.3 Å². The van der Waals surface area contributed by atoms with Crippen LogP contribution in [-0.4, -0.2) is 27.5 Å². The van der Waals surface area contributed by atoms with Gasteiger partial charge in [-0.25, -0.2) is 4.68 Å². The predicted molar refractivity (Wildman–Crippen MR) is 101 cm³/mol. The van der Waals surface area contributed by atoms with Crippen molar-refractivity contribution in [3.63, 3.8) is 0 Å². The monoisotopic (exact) mass is 364 g/mol. The highest BCUT2D eigenvalue weighted by Crippen LogP contribution is 2.20. The molecule has 0 amide bonds. The number of aromatic nitrogens is 2. The first-order valence-corrected chi connectivity index (χ1v) is 8.66. The summed E-state index contributed by atoms with van der Waals surface area (Å²) in [4.78, 5) is 23.9. The molecule has 0 saturated carbocycles. The van der Waals surface area contributed by atoms with Crippen molar-refractivity contribution in [2.75, 3.05) is 6.61 Å².